The Morgan fingerprint density at radius 3 is 2.78 bits per heavy atom. The summed E-state index contributed by atoms with van der Waals surface area (Å²) < 4.78 is 5.41. The molecule has 0 aliphatic carbocycles. The topological polar surface area (TPSA) is 97.2 Å². The molecule has 2 heterocycles. The molecule has 3 atom stereocenters. The van der Waals surface area contributed by atoms with Crippen molar-refractivity contribution in [2.24, 2.45) is 5.16 Å². The van der Waals surface area contributed by atoms with Crippen LogP contribution in [0.4, 0.5) is 0 Å². The van der Waals surface area contributed by atoms with Crippen molar-refractivity contribution >= 4 is 17.6 Å². The van der Waals surface area contributed by atoms with Gasteiger partial charge in [-0.3, -0.25) is 4.79 Å². The van der Waals surface area contributed by atoms with Crippen molar-refractivity contribution in [3.05, 3.63) is 0 Å². The highest BCUT2D eigenvalue weighted by Gasteiger charge is 2.41. The Bertz CT molecular complexity index is 408. The first kappa shape index (κ1) is 12.8. The minimum atomic E-state index is -1.16. The Hall–Kier alpha value is -1.63. The van der Waals surface area contributed by atoms with Crippen molar-refractivity contribution in [3.63, 3.8) is 0 Å². The molecular weight excluding hydrogens is 240 g/mol. The van der Waals surface area contributed by atoms with Crippen molar-refractivity contribution in [3.8, 4) is 0 Å². The van der Waals surface area contributed by atoms with E-state index in [1.165, 1.54) is 0 Å². The molecule has 18 heavy (non-hydrogen) atoms. The van der Waals surface area contributed by atoms with Gasteiger partial charge in [-0.05, 0) is 20.3 Å². The highest BCUT2D eigenvalue weighted by Crippen LogP contribution is 2.25. The number of carboxylic acids is 1. The van der Waals surface area contributed by atoms with Gasteiger partial charge in [0.2, 0.25) is 6.10 Å². The van der Waals surface area contributed by atoms with Crippen molar-refractivity contribution in [2.45, 2.75) is 44.4 Å². The highest BCUT2D eigenvalue weighted by molar-refractivity contribution is 6.36. The standard InChI is InChI=1S/C11H16N2O5/c1-6-11(2,3-4-17-6)12-9(14)8-5-7(10(15)16)13-18-8/h6,8H,3-5H2,1-2H3,(H,12,14)(H,15,16). The van der Waals surface area contributed by atoms with Gasteiger partial charge in [0, 0.05) is 13.0 Å². The molecule has 7 nitrogen and oxygen atoms in total. The molecule has 2 rings (SSSR count). The van der Waals surface area contributed by atoms with E-state index >= 15 is 0 Å². The van der Waals surface area contributed by atoms with Crippen LogP contribution in [0, 0.1) is 0 Å². The van der Waals surface area contributed by atoms with Gasteiger partial charge in [0.05, 0.1) is 11.6 Å². The van der Waals surface area contributed by atoms with Crippen LogP contribution in [0.5, 0.6) is 0 Å². The predicted molar refractivity (Wildman–Crippen MR) is 61.1 cm³/mol. The first-order valence-corrected chi connectivity index (χ1v) is 5.82. The molecule has 2 aliphatic rings. The number of carbonyl (C=O) groups is 2. The molecule has 0 spiro atoms. The van der Waals surface area contributed by atoms with Gasteiger partial charge in [0.15, 0.2) is 5.71 Å². The van der Waals surface area contributed by atoms with E-state index in [1.54, 1.807) is 0 Å². The summed E-state index contributed by atoms with van der Waals surface area (Å²) in [4.78, 5) is 27.5. The van der Waals surface area contributed by atoms with Crippen LogP contribution in [0.3, 0.4) is 0 Å². The summed E-state index contributed by atoms with van der Waals surface area (Å²) in [5.41, 5.74) is -0.567. The smallest absolute Gasteiger partial charge is 0.353 e. The monoisotopic (exact) mass is 256 g/mol. The van der Waals surface area contributed by atoms with Crippen LogP contribution in [0.25, 0.3) is 0 Å². The summed E-state index contributed by atoms with van der Waals surface area (Å²) in [6.07, 6.45) is -0.227. The zero-order valence-corrected chi connectivity index (χ0v) is 10.3. The lowest BCUT2D eigenvalue weighted by Crippen LogP contribution is -2.53. The average molecular weight is 256 g/mol. The van der Waals surface area contributed by atoms with E-state index in [1.807, 2.05) is 13.8 Å². The molecule has 2 N–H and O–H groups in total. The van der Waals surface area contributed by atoms with Crippen LogP contribution in [0.15, 0.2) is 5.16 Å². The molecule has 0 radical (unpaired) electrons. The van der Waals surface area contributed by atoms with Crippen LogP contribution in [-0.4, -0.2) is 47.0 Å². The Morgan fingerprint density at radius 1 is 1.56 bits per heavy atom. The number of rotatable bonds is 3. The number of carbonyl (C=O) groups excluding carboxylic acids is 1. The number of nitrogens with zero attached hydrogens (tertiary/aromatic N) is 1. The molecular formula is C11H16N2O5. The molecule has 100 valence electrons. The second-order valence-electron chi connectivity index (χ2n) is 4.81. The minimum Gasteiger partial charge on any atom is -0.477 e. The lowest BCUT2D eigenvalue weighted by molar-refractivity contribution is -0.133. The Morgan fingerprint density at radius 2 is 2.28 bits per heavy atom. The van der Waals surface area contributed by atoms with Gasteiger partial charge in [0.1, 0.15) is 0 Å². The summed E-state index contributed by atoms with van der Waals surface area (Å²) in [5, 5.41) is 15.0. The largest absolute Gasteiger partial charge is 0.477 e. The number of hydrogen-bond donors (Lipinski definition) is 2. The zero-order valence-electron chi connectivity index (χ0n) is 10.3. The molecule has 1 saturated heterocycles. The fraction of sp³-hybridized carbons (Fsp3) is 0.727. The number of aliphatic carboxylic acids is 1. The maximum atomic E-state index is 12.0. The van der Waals surface area contributed by atoms with Crippen molar-refractivity contribution in [1.82, 2.24) is 5.32 Å². The maximum absolute atomic E-state index is 12.0. The van der Waals surface area contributed by atoms with Crippen molar-refractivity contribution in [2.75, 3.05) is 6.61 Å². The fourth-order valence-corrected chi connectivity index (χ4v) is 2.01. The summed E-state index contributed by atoms with van der Waals surface area (Å²) in [6.45, 7) is 4.39. The predicted octanol–water partition coefficient (Wildman–Crippen LogP) is -0.100. The van der Waals surface area contributed by atoms with Gasteiger partial charge in [0.25, 0.3) is 5.91 Å². The van der Waals surface area contributed by atoms with Gasteiger partial charge < -0.3 is 20.0 Å². The second kappa shape index (κ2) is 4.56. The Labute approximate surface area is 104 Å². The number of amides is 1. The van der Waals surface area contributed by atoms with Crippen LogP contribution >= 0.6 is 0 Å². The highest BCUT2D eigenvalue weighted by atomic mass is 16.6. The second-order valence-corrected chi connectivity index (χ2v) is 4.81. The van der Waals surface area contributed by atoms with Gasteiger partial charge in [-0.2, -0.15) is 0 Å². The number of ether oxygens (including phenoxy) is 1. The summed E-state index contributed by atoms with van der Waals surface area (Å²) in [5.74, 6) is -1.51. The third-order valence-corrected chi connectivity index (χ3v) is 3.50. The Balaban J connectivity index is 1.92. The molecule has 1 amide bonds. The Kier molecular flexibility index (Phi) is 3.25. The molecule has 2 aliphatic heterocycles. The van der Waals surface area contributed by atoms with E-state index < -0.39 is 17.6 Å². The minimum absolute atomic E-state index is 0.00746. The van der Waals surface area contributed by atoms with Gasteiger partial charge in [-0.25, -0.2) is 4.79 Å². The molecule has 0 aromatic heterocycles. The average Bonchev–Trinajstić information content (AvgIpc) is 2.87. The molecule has 3 unspecified atom stereocenters. The van der Waals surface area contributed by atoms with Crippen LogP contribution < -0.4 is 5.32 Å². The normalized spacial score (nSPS) is 34.9. The van der Waals surface area contributed by atoms with E-state index in [-0.39, 0.29) is 24.1 Å². The lowest BCUT2D eigenvalue weighted by atomic mass is 9.94. The summed E-state index contributed by atoms with van der Waals surface area (Å²) in [7, 11) is 0. The van der Waals surface area contributed by atoms with E-state index in [0.717, 1.165) is 6.42 Å². The van der Waals surface area contributed by atoms with E-state index in [4.69, 9.17) is 14.7 Å². The van der Waals surface area contributed by atoms with Gasteiger partial charge in [-0.15, -0.1) is 0 Å². The zero-order chi connectivity index (χ0) is 13.3. The fourth-order valence-electron chi connectivity index (χ4n) is 2.01. The third kappa shape index (κ3) is 2.31. The maximum Gasteiger partial charge on any atom is 0.353 e. The van der Waals surface area contributed by atoms with E-state index in [2.05, 4.69) is 10.5 Å². The molecule has 7 heteroatoms. The SMILES string of the molecule is CC1OCCC1(C)NC(=O)C1CC(C(=O)O)=NO1. The van der Waals surface area contributed by atoms with Crippen molar-refractivity contribution in [1.29, 1.82) is 0 Å². The van der Waals surface area contributed by atoms with Crippen LogP contribution in [-0.2, 0) is 19.2 Å². The van der Waals surface area contributed by atoms with Crippen molar-refractivity contribution < 1.29 is 24.3 Å². The number of hydrogen-bond acceptors (Lipinski definition) is 5. The summed E-state index contributed by atoms with van der Waals surface area (Å²) in [6, 6.07) is 0. The molecule has 0 aromatic carbocycles. The number of oxime groups is 1. The molecule has 0 bridgehead atoms. The van der Waals surface area contributed by atoms with Crippen LogP contribution in [0.2, 0.25) is 0 Å². The van der Waals surface area contributed by atoms with Gasteiger partial charge in [-0.1, -0.05) is 5.16 Å². The van der Waals surface area contributed by atoms with E-state index in [0.29, 0.717) is 6.61 Å². The molecule has 0 saturated carbocycles. The molecule has 1 fully saturated rings. The quantitative estimate of drug-likeness (QED) is 0.735. The first-order valence-electron chi connectivity index (χ1n) is 5.82. The summed E-state index contributed by atoms with van der Waals surface area (Å²) >= 11 is 0. The van der Waals surface area contributed by atoms with Gasteiger partial charge >= 0.3 is 5.97 Å². The molecule has 0 aromatic rings. The number of carboxylic acid groups (broad SMARTS) is 1. The first-order chi connectivity index (χ1) is 8.42. The lowest BCUT2D eigenvalue weighted by Gasteiger charge is -2.29. The number of nitrogens with one attached hydrogen (secondary N) is 1. The third-order valence-electron chi connectivity index (χ3n) is 3.50. The van der Waals surface area contributed by atoms with Crippen LogP contribution in [0.1, 0.15) is 26.7 Å². The van der Waals surface area contributed by atoms with E-state index in [9.17, 15) is 9.59 Å².